The highest BCUT2D eigenvalue weighted by Crippen LogP contribution is 2.20. The lowest BCUT2D eigenvalue weighted by atomic mass is 10.2. The number of nitrogens with one attached hydrogen (secondary N) is 2. The van der Waals surface area contributed by atoms with Gasteiger partial charge in [0.25, 0.3) is 5.91 Å². The highest BCUT2D eigenvalue weighted by molar-refractivity contribution is 6.04. The predicted molar refractivity (Wildman–Crippen MR) is 106 cm³/mol. The van der Waals surface area contributed by atoms with Crippen LogP contribution in [0.25, 0.3) is 0 Å². The maximum Gasteiger partial charge on any atom is 0.255 e. The second-order valence-electron chi connectivity index (χ2n) is 6.22. The number of rotatable bonds is 6. The summed E-state index contributed by atoms with van der Waals surface area (Å²) in [6, 6.07) is 24.7. The van der Waals surface area contributed by atoms with Crippen LogP contribution in [-0.2, 0) is 0 Å². The van der Waals surface area contributed by atoms with E-state index in [-0.39, 0.29) is 12.0 Å². The smallest absolute Gasteiger partial charge is 0.255 e. The highest BCUT2D eigenvalue weighted by Gasteiger charge is 2.08. The van der Waals surface area contributed by atoms with Crippen molar-refractivity contribution >= 4 is 23.0 Å². The van der Waals surface area contributed by atoms with Crippen LogP contribution < -0.4 is 15.4 Å². The molecule has 0 bridgehead atoms. The molecule has 0 radical (unpaired) electrons. The first-order valence-corrected chi connectivity index (χ1v) is 8.60. The van der Waals surface area contributed by atoms with Crippen molar-refractivity contribution < 1.29 is 9.53 Å². The molecule has 3 aromatic carbocycles. The molecule has 0 fully saturated rings. The zero-order valence-corrected chi connectivity index (χ0v) is 14.9. The molecule has 1 amide bonds. The number of amides is 1. The van der Waals surface area contributed by atoms with Gasteiger partial charge in [0.15, 0.2) is 0 Å². The van der Waals surface area contributed by atoms with Crippen LogP contribution in [0.5, 0.6) is 5.75 Å². The van der Waals surface area contributed by atoms with Crippen LogP contribution in [0.3, 0.4) is 0 Å². The summed E-state index contributed by atoms with van der Waals surface area (Å²) < 4.78 is 5.64. The third-order valence-corrected chi connectivity index (χ3v) is 3.67. The van der Waals surface area contributed by atoms with Crippen molar-refractivity contribution in [1.29, 1.82) is 0 Å². The normalized spacial score (nSPS) is 10.4. The Labute approximate surface area is 153 Å². The fourth-order valence-electron chi connectivity index (χ4n) is 2.51. The molecule has 26 heavy (non-hydrogen) atoms. The van der Waals surface area contributed by atoms with Crippen LogP contribution in [0.15, 0.2) is 78.9 Å². The van der Waals surface area contributed by atoms with Crippen LogP contribution in [0.4, 0.5) is 17.1 Å². The largest absolute Gasteiger partial charge is 0.491 e. The van der Waals surface area contributed by atoms with Gasteiger partial charge in [-0.15, -0.1) is 0 Å². The van der Waals surface area contributed by atoms with E-state index in [9.17, 15) is 4.79 Å². The van der Waals surface area contributed by atoms with Crippen molar-refractivity contribution in [1.82, 2.24) is 0 Å². The summed E-state index contributed by atoms with van der Waals surface area (Å²) in [5.41, 5.74) is 3.28. The van der Waals surface area contributed by atoms with Gasteiger partial charge in [-0.2, -0.15) is 0 Å². The van der Waals surface area contributed by atoms with Gasteiger partial charge in [0.05, 0.1) is 6.10 Å². The number of benzene rings is 3. The first-order chi connectivity index (χ1) is 12.6. The number of anilines is 3. The first-order valence-electron chi connectivity index (χ1n) is 8.60. The van der Waals surface area contributed by atoms with Gasteiger partial charge in [0.2, 0.25) is 0 Å². The van der Waals surface area contributed by atoms with E-state index in [0.717, 1.165) is 17.1 Å². The topological polar surface area (TPSA) is 50.4 Å². The third kappa shape index (κ3) is 4.86. The Morgan fingerprint density at radius 3 is 2.15 bits per heavy atom. The molecule has 0 aliphatic rings. The molecule has 0 aliphatic heterocycles. The Bertz CT molecular complexity index is 859. The summed E-state index contributed by atoms with van der Waals surface area (Å²) in [6.45, 7) is 3.91. The molecule has 0 spiro atoms. The molecule has 0 unspecified atom stereocenters. The molecule has 0 aliphatic carbocycles. The van der Waals surface area contributed by atoms with Crippen LogP contribution >= 0.6 is 0 Å². The number of carbonyl (C=O) groups is 1. The summed E-state index contributed by atoms with van der Waals surface area (Å²) >= 11 is 0. The van der Waals surface area contributed by atoms with Crippen molar-refractivity contribution in [2.45, 2.75) is 20.0 Å². The quantitative estimate of drug-likeness (QED) is 0.622. The van der Waals surface area contributed by atoms with Crippen LogP contribution in [-0.4, -0.2) is 12.0 Å². The maximum atomic E-state index is 12.4. The van der Waals surface area contributed by atoms with Gasteiger partial charge in [0, 0.05) is 22.6 Å². The lowest BCUT2D eigenvalue weighted by Crippen LogP contribution is -2.12. The van der Waals surface area contributed by atoms with Gasteiger partial charge in [-0.1, -0.05) is 24.3 Å². The second-order valence-corrected chi connectivity index (χ2v) is 6.22. The average Bonchev–Trinajstić information content (AvgIpc) is 2.64. The zero-order valence-electron chi connectivity index (χ0n) is 14.9. The number of hydrogen-bond acceptors (Lipinski definition) is 3. The summed E-state index contributed by atoms with van der Waals surface area (Å²) in [4.78, 5) is 12.4. The van der Waals surface area contributed by atoms with Gasteiger partial charge in [-0.05, 0) is 68.4 Å². The fraction of sp³-hybridized carbons (Fsp3) is 0.136. The van der Waals surface area contributed by atoms with E-state index in [1.165, 1.54) is 0 Å². The van der Waals surface area contributed by atoms with E-state index in [1.54, 1.807) is 12.1 Å². The van der Waals surface area contributed by atoms with Crippen LogP contribution in [0, 0.1) is 0 Å². The molecule has 3 rings (SSSR count). The molecule has 0 aromatic heterocycles. The Morgan fingerprint density at radius 1 is 0.808 bits per heavy atom. The summed E-state index contributed by atoms with van der Waals surface area (Å²) in [5.74, 6) is 0.526. The monoisotopic (exact) mass is 346 g/mol. The van der Waals surface area contributed by atoms with Crippen molar-refractivity contribution in [3.8, 4) is 5.75 Å². The summed E-state index contributed by atoms with van der Waals surface area (Å²) in [7, 11) is 0. The number of carbonyl (C=O) groups excluding carboxylic acids is 1. The standard InChI is InChI=1S/C22H22N2O2/c1-16(2)26-21-10-6-7-17(15-21)22(25)24-20-13-11-19(12-14-20)23-18-8-4-3-5-9-18/h3-16,23H,1-2H3,(H,24,25). The van der Waals surface area contributed by atoms with E-state index >= 15 is 0 Å². The molecular formula is C22H22N2O2. The van der Waals surface area contributed by atoms with E-state index in [0.29, 0.717) is 11.3 Å². The number of para-hydroxylation sites is 1. The Balaban J connectivity index is 1.64. The number of hydrogen-bond donors (Lipinski definition) is 2. The molecule has 0 saturated heterocycles. The van der Waals surface area contributed by atoms with Crippen molar-refractivity contribution in [2.75, 3.05) is 10.6 Å². The molecule has 132 valence electrons. The maximum absolute atomic E-state index is 12.4. The van der Waals surface area contributed by atoms with E-state index < -0.39 is 0 Å². The SMILES string of the molecule is CC(C)Oc1cccc(C(=O)Nc2ccc(Nc3ccccc3)cc2)c1. The van der Waals surface area contributed by atoms with Gasteiger partial charge < -0.3 is 15.4 Å². The predicted octanol–water partition coefficient (Wildman–Crippen LogP) is 5.47. The Kier molecular flexibility index (Phi) is 5.54. The molecular weight excluding hydrogens is 324 g/mol. The van der Waals surface area contributed by atoms with Crippen LogP contribution in [0.2, 0.25) is 0 Å². The minimum absolute atomic E-state index is 0.0676. The van der Waals surface area contributed by atoms with Crippen molar-refractivity contribution in [3.05, 3.63) is 84.4 Å². The molecule has 0 atom stereocenters. The number of ether oxygens (including phenoxy) is 1. The minimum Gasteiger partial charge on any atom is -0.491 e. The minimum atomic E-state index is -0.164. The van der Waals surface area contributed by atoms with E-state index in [1.807, 2.05) is 80.6 Å². The Hall–Kier alpha value is -3.27. The summed E-state index contributed by atoms with van der Waals surface area (Å²) in [6.07, 6.45) is 0.0676. The van der Waals surface area contributed by atoms with Gasteiger partial charge in [0.1, 0.15) is 5.75 Å². The summed E-state index contributed by atoms with van der Waals surface area (Å²) in [5, 5.41) is 6.22. The van der Waals surface area contributed by atoms with Crippen molar-refractivity contribution in [2.24, 2.45) is 0 Å². The third-order valence-electron chi connectivity index (χ3n) is 3.67. The first kappa shape index (κ1) is 17.5. The van der Waals surface area contributed by atoms with Gasteiger partial charge >= 0.3 is 0 Å². The Morgan fingerprint density at radius 2 is 1.46 bits per heavy atom. The van der Waals surface area contributed by atoms with E-state index in [4.69, 9.17) is 4.74 Å². The zero-order chi connectivity index (χ0) is 18.4. The highest BCUT2D eigenvalue weighted by atomic mass is 16.5. The average molecular weight is 346 g/mol. The van der Waals surface area contributed by atoms with E-state index in [2.05, 4.69) is 10.6 Å². The lowest BCUT2D eigenvalue weighted by Gasteiger charge is -2.11. The lowest BCUT2D eigenvalue weighted by molar-refractivity contribution is 0.102. The van der Waals surface area contributed by atoms with Gasteiger partial charge in [-0.3, -0.25) is 4.79 Å². The fourth-order valence-corrected chi connectivity index (χ4v) is 2.51. The molecule has 4 nitrogen and oxygen atoms in total. The molecule has 0 saturated carbocycles. The molecule has 0 heterocycles. The molecule has 3 aromatic rings. The van der Waals surface area contributed by atoms with Crippen molar-refractivity contribution in [3.63, 3.8) is 0 Å². The molecule has 2 N–H and O–H groups in total. The van der Waals surface area contributed by atoms with Gasteiger partial charge in [-0.25, -0.2) is 0 Å². The molecule has 4 heteroatoms. The second kappa shape index (κ2) is 8.21. The van der Waals surface area contributed by atoms with Crippen LogP contribution in [0.1, 0.15) is 24.2 Å².